The van der Waals surface area contributed by atoms with Crippen molar-refractivity contribution < 1.29 is 0 Å². The Labute approximate surface area is 120 Å². The summed E-state index contributed by atoms with van der Waals surface area (Å²) in [5.74, 6) is 1.34. The van der Waals surface area contributed by atoms with Crippen molar-refractivity contribution in [1.29, 1.82) is 0 Å². The molecule has 2 heterocycles. The molecule has 0 radical (unpaired) electrons. The molecule has 3 rings (SSSR count). The van der Waals surface area contributed by atoms with Crippen LogP contribution < -0.4 is 5.73 Å². The third-order valence-electron chi connectivity index (χ3n) is 3.44. The number of para-hydroxylation sites is 1. The van der Waals surface area contributed by atoms with Gasteiger partial charge in [-0.25, -0.2) is 4.98 Å². The molecule has 0 aliphatic carbocycles. The van der Waals surface area contributed by atoms with Crippen LogP contribution in [-0.4, -0.2) is 20.9 Å². The van der Waals surface area contributed by atoms with Crippen molar-refractivity contribution in [3.8, 4) is 0 Å². The molecule has 0 fully saturated rings. The summed E-state index contributed by atoms with van der Waals surface area (Å²) < 4.78 is 3.14. The molecule has 2 aromatic heterocycles. The second-order valence-corrected chi connectivity index (χ2v) is 5.82. The number of benzene rings is 1. The molecule has 100 valence electrons. The quantitative estimate of drug-likeness (QED) is 0.778. The number of aromatic nitrogens is 3. The summed E-state index contributed by atoms with van der Waals surface area (Å²) in [6, 6.07) is 6.34. The molecule has 1 aromatic carbocycles. The van der Waals surface area contributed by atoms with Gasteiger partial charge in [-0.3, -0.25) is 4.40 Å². The summed E-state index contributed by atoms with van der Waals surface area (Å²) in [6.07, 6.45) is 0.815. The van der Waals surface area contributed by atoms with Crippen LogP contribution in [-0.2, 0) is 6.42 Å². The number of nitrogens with zero attached hydrogens (tertiary/aromatic N) is 2. The Morgan fingerprint density at radius 2 is 2.21 bits per heavy atom. The highest BCUT2D eigenvalue weighted by atomic mass is 79.9. The SMILES string of the molecule is CC(C)c1cccc2c1nc1[nH]c(CCN)c(Br)n12. The van der Waals surface area contributed by atoms with E-state index in [1.54, 1.807) is 0 Å². The maximum absolute atomic E-state index is 5.63. The Bertz CT molecular complexity index is 739. The minimum absolute atomic E-state index is 0.464. The predicted molar refractivity (Wildman–Crippen MR) is 81.6 cm³/mol. The monoisotopic (exact) mass is 320 g/mol. The first-order valence-corrected chi connectivity index (χ1v) is 7.30. The normalized spacial score (nSPS) is 12.1. The molecule has 0 atom stereocenters. The number of hydrogen-bond donors (Lipinski definition) is 2. The summed E-state index contributed by atoms with van der Waals surface area (Å²) in [6.45, 7) is 5.01. The molecule has 0 aliphatic rings. The predicted octanol–water partition coefficient (Wildman–Crippen LogP) is 3.20. The van der Waals surface area contributed by atoms with Gasteiger partial charge in [0.1, 0.15) is 4.60 Å². The fourth-order valence-corrected chi connectivity index (χ4v) is 3.16. The van der Waals surface area contributed by atoms with Gasteiger partial charge in [-0.1, -0.05) is 26.0 Å². The fraction of sp³-hybridized carbons (Fsp3) is 0.357. The fourth-order valence-electron chi connectivity index (χ4n) is 2.50. The van der Waals surface area contributed by atoms with Crippen molar-refractivity contribution in [2.24, 2.45) is 5.73 Å². The lowest BCUT2D eigenvalue weighted by Crippen LogP contribution is -2.03. The van der Waals surface area contributed by atoms with Crippen LogP contribution in [0, 0.1) is 0 Å². The number of rotatable bonds is 3. The van der Waals surface area contributed by atoms with E-state index in [2.05, 4.69) is 57.4 Å². The Morgan fingerprint density at radius 3 is 2.89 bits per heavy atom. The van der Waals surface area contributed by atoms with Crippen LogP contribution in [0.5, 0.6) is 0 Å². The minimum atomic E-state index is 0.464. The Hall–Kier alpha value is -1.33. The van der Waals surface area contributed by atoms with Gasteiger partial charge in [0.25, 0.3) is 0 Å². The molecular formula is C14H17BrN4. The topological polar surface area (TPSA) is 59.1 Å². The maximum atomic E-state index is 5.63. The number of nitrogens with one attached hydrogen (secondary N) is 1. The highest BCUT2D eigenvalue weighted by Crippen LogP contribution is 2.29. The first-order chi connectivity index (χ1) is 9.13. The molecule has 0 aliphatic heterocycles. The number of nitrogens with two attached hydrogens (primary N) is 1. The summed E-state index contributed by atoms with van der Waals surface area (Å²) in [4.78, 5) is 8.08. The number of aromatic amines is 1. The average Bonchev–Trinajstić information content (AvgIpc) is 2.87. The van der Waals surface area contributed by atoms with Gasteiger partial charge in [0, 0.05) is 6.42 Å². The Morgan fingerprint density at radius 1 is 1.42 bits per heavy atom. The van der Waals surface area contributed by atoms with E-state index in [9.17, 15) is 0 Å². The zero-order valence-electron chi connectivity index (χ0n) is 11.1. The molecule has 0 saturated carbocycles. The van der Waals surface area contributed by atoms with E-state index in [1.165, 1.54) is 5.56 Å². The number of hydrogen-bond acceptors (Lipinski definition) is 2. The van der Waals surface area contributed by atoms with Gasteiger partial charge in [-0.2, -0.15) is 0 Å². The second kappa shape index (κ2) is 4.65. The minimum Gasteiger partial charge on any atom is -0.330 e. The first kappa shape index (κ1) is 12.7. The van der Waals surface area contributed by atoms with Crippen LogP contribution in [0.3, 0.4) is 0 Å². The Kier molecular flexibility index (Phi) is 3.11. The van der Waals surface area contributed by atoms with Crippen molar-refractivity contribution in [2.45, 2.75) is 26.2 Å². The van der Waals surface area contributed by atoms with Crippen LogP contribution >= 0.6 is 15.9 Å². The largest absolute Gasteiger partial charge is 0.330 e. The molecular weight excluding hydrogens is 304 g/mol. The number of fused-ring (bicyclic) bond motifs is 3. The molecule has 3 N–H and O–H groups in total. The highest BCUT2D eigenvalue weighted by molar-refractivity contribution is 9.10. The van der Waals surface area contributed by atoms with Crippen molar-refractivity contribution in [3.63, 3.8) is 0 Å². The number of halogens is 1. The van der Waals surface area contributed by atoms with E-state index in [0.717, 1.165) is 33.5 Å². The molecule has 0 unspecified atom stereocenters. The van der Waals surface area contributed by atoms with Gasteiger partial charge in [0.2, 0.25) is 5.78 Å². The van der Waals surface area contributed by atoms with Gasteiger partial charge >= 0.3 is 0 Å². The van der Waals surface area contributed by atoms with Crippen LogP contribution in [0.2, 0.25) is 0 Å². The lowest BCUT2D eigenvalue weighted by Gasteiger charge is -2.05. The third kappa shape index (κ3) is 1.88. The van der Waals surface area contributed by atoms with Crippen LogP contribution in [0.4, 0.5) is 0 Å². The zero-order valence-corrected chi connectivity index (χ0v) is 12.7. The molecule has 0 saturated heterocycles. The summed E-state index contributed by atoms with van der Waals surface area (Å²) >= 11 is 3.65. The van der Waals surface area contributed by atoms with Crippen LogP contribution in [0.25, 0.3) is 16.8 Å². The van der Waals surface area contributed by atoms with Gasteiger partial charge in [0.15, 0.2) is 0 Å². The van der Waals surface area contributed by atoms with Gasteiger partial charge in [-0.05, 0) is 40.0 Å². The molecule has 0 amide bonds. The summed E-state index contributed by atoms with van der Waals surface area (Å²) in [5, 5.41) is 0. The summed E-state index contributed by atoms with van der Waals surface area (Å²) in [7, 11) is 0. The van der Waals surface area contributed by atoms with E-state index < -0.39 is 0 Å². The number of imidazole rings is 2. The van der Waals surface area contributed by atoms with Gasteiger partial charge in [-0.15, -0.1) is 0 Å². The van der Waals surface area contributed by atoms with Crippen molar-refractivity contribution in [3.05, 3.63) is 34.1 Å². The lowest BCUT2D eigenvalue weighted by atomic mass is 10.0. The van der Waals surface area contributed by atoms with Crippen molar-refractivity contribution in [2.75, 3.05) is 6.54 Å². The van der Waals surface area contributed by atoms with Crippen molar-refractivity contribution in [1.82, 2.24) is 14.4 Å². The second-order valence-electron chi connectivity index (χ2n) is 5.07. The van der Waals surface area contributed by atoms with E-state index >= 15 is 0 Å². The molecule has 4 nitrogen and oxygen atoms in total. The number of H-pyrrole nitrogens is 1. The van der Waals surface area contributed by atoms with E-state index in [0.29, 0.717) is 12.5 Å². The lowest BCUT2D eigenvalue weighted by molar-refractivity contribution is 0.873. The smallest absolute Gasteiger partial charge is 0.213 e. The standard InChI is InChI=1S/C14H17BrN4/c1-8(2)9-4-3-5-11-12(9)18-14-17-10(6-7-16)13(15)19(11)14/h3-5,8H,6-7,16H2,1-2H3,(H,17,18). The average molecular weight is 321 g/mol. The maximum Gasteiger partial charge on any atom is 0.213 e. The van der Waals surface area contributed by atoms with E-state index in [-0.39, 0.29) is 0 Å². The molecule has 19 heavy (non-hydrogen) atoms. The molecule has 5 heteroatoms. The van der Waals surface area contributed by atoms with Crippen LogP contribution in [0.1, 0.15) is 31.0 Å². The Balaban J connectivity index is 2.33. The van der Waals surface area contributed by atoms with Gasteiger partial charge < -0.3 is 10.7 Å². The van der Waals surface area contributed by atoms with Crippen molar-refractivity contribution >= 4 is 32.7 Å². The highest BCUT2D eigenvalue weighted by Gasteiger charge is 2.16. The zero-order chi connectivity index (χ0) is 13.6. The molecule has 3 aromatic rings. The first-order valence-electron chi connectivity index (χ1n) is 6.51. The summed E-state index contributed by atoms with van der Waals surface area (Å²) in [5.41, 5.74) is 10.2. The van der Waals surface area contributed by atoms with E-state index in [1.807, 2.05) is 0 Å². The molecule has 0 spiro atoms. The van der Waals surface area contributed by atoms with E-state index in [4.69, 9.17) is 10.7 Å². The third-order valence-corrected chi connectivity index (χ3v) is 4.27. The van der Waals surface area contributed by atoms with Crippen LogP contribution in [0.15, 0.2) is 22.8 Å². The molecule has 0 bridgehead atoms. The van der Waals surface area contributed by atoms with Gasteiger partial charge in [0.05, 0.1) is 16.7 Å².